The molecule has 0 aliphatic heterocycles. The molecule has 0 spiro atoms. The van der Waals surface area contributed by atoms with E-state index in [9.17, 15) is 18.0 Å². The topological polar surface area (TPSA) is 49.3 Å². The van der Waals surface area contributed by atoms with Gasteiger partial charge in [0.15, 0.2) is 0 Å². The minimum atomic E-state index is -4.81. The molecule has 3 nitrogen and oxygen atoms in total. The van der Waals surface area contributed by atoms with Crippen molar-refractivity contribution >= 4 is 5.91 Å². The minimum Gasteiger partial charge on any atom is -0.396 e. The summed E-state index contributed by atoms with van der Waals surface area (Å²) >= 11 is 0. The number of amides is 1. The molecular weight excluding hydrogens is 199 g/mol. The van der Waals surface area contributed by atoms with Crippen molar-refractivity contribution in [1.82, 2.24) is 5.32 Å². The summed E-state index contributed by atoms with van der Waals surface area (Å²) < 4.78 is 35.0. The zero-order valence-corrected chi connectivity index (χ0v) is 7.90. The van der Waals surface area contributed by atoms with Crippen molar-refractivity contribution in [3.63, 3.8) is 0 Å². The highest BCUT2D eigenvalue weighted by Gasteiger charge is 2.38. The first-order valence-corrected chi connectivity index (χ1v) is 4.33. The Morgan fingerprint density at radius 3 is 2.43 bits per heavy atom. The van der Waals surface area contributed by atoms with Crippen molar-refractivity contribution in [2.75, 3.05) is 13.2 Å². The molecule has 0 aliphatic rings. The van der Waals surface area contributed by atoms with Crippen LogP contribution in [0, 0.1) is 5.92 Å². The number of rotatable bonds is 5. The Bertz CT molecular complexity index is 182. The van der Waals surface area contributed by atoms with Crippen molar-refractivity contribution in [1.29, 1.82) is 0 Å². The molecule has 1 atom stereocenters. The van der Waals surface area contributed by atoms with E-state index in [1.807, 2.05) is 0 Å². The molecule has 2 N–H and O–H groups in total. The van der Waals surface area contributed by atoms with Crippen molar-refractivity contribution in [2.24, 2.45) is 5.92 Å². The average molecular weight is 213 g/mol. The summed E-state index contributed by atoms with van der Waals surface area (Å²) in [5.74, 6) is -1.80. The summed E-state index contributed by atoms with van der Waals surface area (Å²) in [7, 11) is 0. The minimum absolute atomic E-state index is 0.00832. The van der Waals surface area contributed by atoms with Gasteiger partial charge in [0.2, 0.25) is 0 Å². The Balaban J connectivity index is 3.59. The van der Waals surface area contributed by atoms with Crippen LogP contribution in [0.2, 0.25) is 0 Å². The maximum Gasteiger partial charge on any atom is 0.471 e. The number of hydrogen-bond acceptors (Lipinski definition) is 2. The first kappa shape index (κ1) is 13.2. The molecule has 1 amide bonds. The van der Waals surface area contributed by atoms with E-state index in [0.29, 0.717) is 12.8 Å². The van der Waals surface area contributed by atoms with Gasteiger partial charge in [0.25, 0.3) is 0 Å². The molecule has 0 saturated heterocycles. The van der Waals surface area contributed by atoms with Crippen molar-refractivity contribution in [2.45, 2.75) is 25.9 Å². The number of aliphatic hydroxyl groups is 1. The molecular formula is C8H14F3NO2. The smallest absolute Gasteiger partial charge is 0.396 e. The fourth-order valence-electron chi connectivity index (χ4n) is 0.897. The molecule has 0 saturated carbocycles. The third-order valence-corrected chi connectivity index (χ3v) is 1.80. The predicted octanol–water partition coefficient (Wildman–Crippen LogP) is 1.07. The fourth-order valence-corrected chi connectivity index (χ4v) is 0.897. The lowest BCUT2D eigenvalue weighted by Crippen LogP contribution is -2.37. The third-order valence-electron chi connectivity index (χ3n) is 1.80. The van der Waals surface area contributed by atoms with Crippen molar-refractivity contribution in [3.8, 4) is 0 Å². The molecule has 0 aliphatic carbocycles. The summed E-state index contributed by atoms with van der Waals surface area (Å²) in [6, 6.07) is 0. The Hall–Kier alpha value is -0.780. The van der Waals surface area contributed by atoms with Crippen molar-refractivity contribution in [3.05, 3.63) is 0 Å². The molecule has 0 fully saturated rings. The molecule has 6 heteroatoms. The summed E-state index contributed by atoms with van der Waals surface area (Å²) in [4.78, 5) is 10.3. The number of nitrogens with one attached hydrogen (secondary N) is 1. The second kappa shape index (κ2) is 5.85. The maximum atomic E-state index is 11.7. The average Bonchev–Trinajstić information content (AvgIpc) is 2.02. The van der Waals surface area contributed by atoms with Gasteiger partial charge < -0.3 is 10.4 Å². The normalized spacial score (nSPS) is 13.8. The van der Waals surface area contributed by atoms with Gasteiger partial charge in [-0.05, 0) is 18.8 Å². The van der Waals surface area contributed by atoms with E-state index in [1.54, 1.807) is 12.2 Å². The Labute approximate surface area is 80.3 Å². The van der Waals surface area contributed by atoms with Gasteiger partial charge in [-0.1, -0.05) is 6.92 Å². The first-order chi connectivity index (χ1) is 6.38. The van der Waals surface area contributed by atoms with Gasteiger partial charge in [-0.3, -0.25) is 4.79 Å². The van der Waals surface area contributed by atoms with Gasteiger partial charge in [-0.15, -0.1) is 0 Å². The predicted molar refractivity (Wildman–Crippen MR) is 44.5 cm³/mol. The lowest BCUT2D eigenvalue weighted by atomic mass is 10.1. The van der Waals surface area contributed by atoms with Crippen LogP contribution in [0.4, 0.5) is 13.2 Å². The van der Waals surface area contributed by atoms with E-state index in [0.717, 1.165) is 0 Å². The summed E-state index contributed by atoms with van der Waals surface area (Å²) in [6.07, 6.45) is -3.84. The lowest BCUT2D eigenvalue weighted by Gasteiger charge is -2.11. The second-order valence-corrected chi connectivity index (χ2v) is 3.16. The second-order valence-electron chi connectivity index (χ2n) is 3.16. The number of carbonyl (C=O) groups is 1. The van der Waals surface area contributed by atoms with Gasteiger partial charge >= 0.3 is 12.1 Å². The SMILES string of the molecule is CC(CCO)CCNC(=O)C(F)(F)F. The zero-order valence-electron chi connectivity index (χ0n) is 7.90. The van der Waals surface area contributed by atoms with Crippen LogP contribution in [0.1, 0.15) is 19.8 Å². The van der Waals surface area contributed by atoms with E-state index >= 15 is 0 Å². The van der Waals surface area contributed by atoms with E-state index in [4.69, 9.17) is 5.11 Å². The number of carbonyl (C=O) groups excluding carboxylic acids is 1. The van der Waals surface area contributed by atoms with Crippen LogP contribution in [0.3, 0.4) is 0 Å². The number of halogens is 3. The Kier molecular flexibility index (Phi) is 5.52. The lowest BCUT2D eigenvalue weighted by molar-refractivity contribution is -0.173. The Morgan fingerprint density at radius 2 is 2.00 bits per heavy atom. The van der Waals surface area contributed by atoms with Gasteiger partial charge in [0.1, 0.15) is 0 Å². The van der Waals surface area contributed by atoms with Crippen molar-refractivity contribution < 1.29 is 23.1 Å². The highest BCUT2D eigenvalue weighted by atomic mass is 19.4. The summed E-state index contributed by atoms with van der Waals surface area (Å²) in [6.45, 7) is 1.80. The van der Waals surface area contributed by atoms with Crippen LogP contribution in [-0.4, -0.2) is 30.3 Å². The molecule has 0 bridgehead atoms. The summed E-state index contributed by atoms with van der Waals surface area (Å²) in [5.41, 5.74) is 0. The molecule has 0 aromatic rings. The number of hydrogen-bond donors (Lipinski definition) is 2. The van der Waals surface area contributed by atoms with Crippen LogP contribution in [0.25, 0.3) is 0 Å². The highest BCUT2D eigenvalue weighted by molar-refractivity contribution is 5.81. The number of aliphatic hydroxyl groups excluding tert-OH is 1. The molecule has 1 unspecified atom stereocenters. The number of alkyl halides is 3. The van der Waals surface area contributed by atoms with E-state index in [1.165, 1.54) is 0 Å². The molecule has 0 radical (unpaired) electrons. The molecule has 0 aromatic heterocycles. The first-order valence-electron chi connectivity index (χ1n) is 4.33. The van der Waals surface area contributed by atoms with E-state index < -0.39 is 12.1 Å². The van der Waals surface area contributed by atoms with Crippen LogP contribution >= 0.6 is 0 Å². The van der Waals surface area contributed by atoms with E-state index in [-0.39, 0.29) is 19.1 Å². The van der Waals surface area contributed by atoms with E-state index in [2.05, 4.69) is 0 Å². The fraction of sp³-hybridized carbons (Fsp3) is 0.875. The van der Waals surface area contributed by atoms with Crippen LogP contribution in [-0.2, 0) is 4.79 Å². The monoisotopic (exact) mass is 213 g/mol. The molecule has 0 aromatic carbocycles. The molecule has 0 rings (SSSR count). The molecule has 84 valence electrons. The van der Waals surface area contributed by atoms with Gasteiger partial charge in [0.05, 0.1) is 0 Å². The maximum absolute atomic E-state index is 11.7. The molecule has 0 heterocycles. The highest BCUT2D eigenvalue weighted by Crippen LogP contribution is 2.14. The van der Waals surface area contributed by atoms with Gasteiger partial charge in [-0.25, -0.2) is 0 Å². The zero-order chi connectivity index (χ0) is 11.2. The Morgan fingerprint density at radius 1 is 1.43 bits per heavy atom. The van der Waals surface area contributed by atoms with Crippen LogP contribution in [0.15, 0.2) is 0 Å². The van der Waals surface area contributed by atoms with Gasteiger partial charge in [-0.2, -0.15) is 13.2 Å². The standard InChI is InChI=1S/C8H14F3NO2/c1-6(3-5-13)2-4-12-7(14)8(9,10)11/h6,13H,2-5H2,1H3,(H,12,14). The molecule has 14 heavy (non-hydrogen) atoms. The van der Waals surface area contributed by atoms with Gasteiger partial charge in [0, 0.05) is 13.2 Å². The van der Waals surface area contributed by atoms with Crippen LogP contribution in [0.5, 0.6) is 0 Å². The largest absolute Gasteiger partial charge is 0.471 e. The summed E-state index contributed by atoms with van der Waals surface area (Å²) in [5, 5.41) is 10.3. The quantitative estimate of drug-likeness (QED) is 0.717. The van der Waals surface area contributed by atoms with Crippen LogP contribution < -0.4 is 5.32 Å². The third kappa shape index (κ3) is 5.80.